The molecule has 2 aromatic heterocycles. The van der Waals surface area contributed by atoms with Crippen LogP contribution in [0, 0.1) is 11.7 Å². The molecule has 0 saturated heterocycles. The van der Waals surface area contributed by atoms with Crippen LogP contribution in [0.4, 0.5) is 4.39 Å². The van der Waals surface area contributed by atoms with Crippen LogP contribution in [0.3, 0.4) is 0 Å². The predicted octanol–water partition coefficient (Wildman–Crippen LogP) is 5.16. The van der Waals surface area contributed by atoms with Crippen molar-refractivity contribution in [1.29, 1.82) is 0 Å². The zero-order valence-electron chi connectivity index (χ0n) is 18.9. The summed E-state index contributed by atoms with van der Waals surface area (Å²) in [6.45, 7) is 4.25. The third kappa shape index (κ3) is 5.34. The zero-order chi connectivity index (χ0) is 24.3. The molecule has 0 fully saturated rings. The lowest BCUT2D eigenvalue weighted by atomic mass is 10.0. The van der Waals surface area contributed by atoms with Gasteiger partial charge in [-0.2, -0.15) is 0 Å². The number of benzene rings is 2. The summed E-state index contributed by atoms with van der Waals surface area (Å²) < 4.78 is 47.4. The monoisotopic (exact) mass is 480 g/mol. The van der Waals surface area contributed by atoms with Gasteiger partial charge in [-0.3, -0.25) is 4.79 Å². The van der Waals surface area contributed by atoms with Crippen LogP contribution in [0.15, 0.2) is 83.0 Å². The molecule has 4 rings (SSSR count). The highest BCUT2D eigenvalue weighted by atomic mass is 32.2. The molecule has 0 aliphatic carbocycles. The molecule has 0 aliphatic heterocycles. The third-order valence-electron chi connectivity index (χ3n) is 5.32. The van der Waals surface area contributed by atoms with Crippen molar-refractivity contribution in [1.82, 2.24) is 9.38 Å². The summed E-state index contributed by atoms with van der Waals surface area (Å²) in [5.41, 5.74) is 2.19. The average Bonchev–Trinajstić information content (AvgIpc) is 3.29. The Bertz CT molecular complexity index is 1430. The number of rotatable bonds is 9. The quantitative estimate of drug-likeness (QED) is 0.309. The molecule has 6 nitrogen and oxygen atoms in total. The van der Waals surface area contributed by atoms with E-state index in [1.165, 1.54) is 24.3 Å². The van der Waals surface area contributed by atoms with Crippen molar-refractivity contribution in [2.45, 2.75) is 36.5 Å². The highest BCUT2D eigenvalue weighted by Crippen LogP contribution is 2.26. The first-order valence-electron chi connectivity index (χ1n) is 11.0. The maximum Gasteiger partial charge on any atom is 0.206 e. The summed E-state index contributed by atoms with van der Waals surface area (Å²) in [7, 11) is -3.92. The van der Waals surface area contributed by atoms with Gasteiger partial charge in [0.15, 0.2) is 5.78 Å². The molecule has 2 aromatic carbocycles. The van der Waals surface area contributed by atoms with Crippen LogP contribution in [-0.2, 0) is 16.3 Å². The number of hydrogen-bond acceptors (Lipinski definition) is 5. The van der Waals surface area contributed by atoms with E-state index in [-0.39, 0.29) is 33.7 Å². The van der Waals surface area contributed by atoms with Crippen molar-refractivity contribution in [3.8, 4) is 5.75 Å². The van der Waals surface area contributed by atoms with Gasteiger partial charge in [0.2, 0.25) is 9.84 Å². The lowest BCUT2D eigenvalue weighted by Crippen LogP contribution is -2.07. The van der Waals surface area contributed by atoms with E-state index >= 15 is 0 Å². The van der Waals surface area contributed by atoms with Crippen LogP contribution < -0.4 is 4.74 Å². The summed E-state index contributed by atoms with van der Waals surface area (Å²) in [6, 6.07) is 13.3. The number of nitrogens with zero attached hydrogens (tertiary/aromatic N) is 2. The van der Waals surface area contributed by atoms with Gasteiger partial charge in [-0.15, -0.1) is 0 Å². The van der Waals surface area contributed by atoms with Gasteiger partial charge in [0.25, 0.3) is 0 Å². The number of ether oxygens (including phenoxy) is 1. The van der Waals surface area contributed by atoms with E-state index in [1.807, 2.05) is 13.8 Å². The summed E-state index contributed by atoms with van der Waals surface area (Å²) >= 11 is 0. The molecule has 0 aliphatic rings. The minimum Gasteiger partial charge on any atom is -0.493 e. The Morgan fingerprint density at radius 1 is 1.06 bits per heavy atom. The number of aromatic nitrogens is 2. The number of imidazole rings is 1. The number of aryl methyl sites for hydroxylation is 1. The molecular weight excluding hydrogens is 455 g/mol. The van der Waals surface area contributed by atoms with Crippen molar-refractivity contribution < 1.29 is 22.3 Å². The van der Waals surface area contributed by atoms with Gasteiger partial charge in [-0.05, 0) is 54.3 Å². The van der Waals surface area contributed by atoms with Crippen molar-refractivity contribution in [3.05, 3.63) is 90.1 Å². The number of Topliss-reactive ketones (excluding diaryl/α,β-unsaturated/α-hetero) is 1. The Labute approximate surface area is 198 Å². The van der Waals surface area contributed by atoms with E-state index in [1.54, 1.807) is 47.3 Å². The molecule has 0 atom stereocenters. The van der Waals surface area contributed by atoms with Crippen LogP contribution in [0.5, 0.6) is 5.75 Å². The van der Waals surface area contributed by atoms with Crippen LogP contribution in [-0.4, -0.2) is 30.2 Å². The molecular formula is C26H25FN2O4S. The number of hydrogen-bond donors (Lipinski definition) is 0. The summed E-state index contributed by atoms with van der Waals surface area (Å²) in [5, 5.41) is 0. The fraction of sp³-hybridized carbons (Fsp3) is 0.231. The maximum atomic E-state index is 14.1. The topological polar surface area (TPSA) is 77.7 Å². The van der Waals surface area contributed by atoms with Gasteiger partial charge >= 0.3 is 0 Å². The highest BCUT2D eigenvalue weighted by Gasteiger charge is 2.20. The molecule has 176 valence electrons. The molecule has 0 radical (unpaired) electrons. The second kappa shape index (κ2) is 9.77. The number of halogens is 1. The largest absolute Gasteiger partial charge is 0.493 e. The van der Waals surface area contributed by atoms with Gasteiger partial charge in [0.1, 0.15) is 17.2 Å². The van der Waals surface area contributed by atoms with Gasteiger partial charge < -0.3 is 9.14 Å². The zero-order valence-corrected chi connectivity index (χ0v) is 19.8. The molecule has 0 N–H and O–H groups in total. The van der Waals surface area contributed by atoms with Gasteiger partial charge in [-0.1, -0.05) is 26.0 Å². The maximum absolute atomic E-state index is 14.1. The Morgan fingerprint density at radius 2 is 1.82 bits per heavy atom. The first-order chi connectivity index (χ1) is 16.2. The lowest BCUT2D eigenvalue weighted by molar-refractivity contribution is 0.0982. The van der Waals surface area contributed by atoms with Gasteiger partial charge in [-0.25, -0.2) is 17.8 Å². The second-order valence-electron chi connectivity index (χ2n) is 8.51. The van der Waals surface area contributed by atoms with Crippen LogP contribution in [0.1, 0.15) is 36.2 Å². The van der Waals surface area contributed by atoms with Crippen molar-refractivity contribution in [2.75, 3.05) is 6.61 Å². The van der Waals surface area contributed by atoms with E-state index < -0.39 is 15.7 Å². The normalized spacial score (nSPS) is 11.8. The molecule has 0 bridgehead atoms. The van der Waals surface area contributed by atoms with Crippen molar-refractivity contribution in [2.24, 2.45) is 5.92 Å². The first kappa shape index (κ1) is 23.6. The second-order valence-corrected chi connectivity index (χ2v) is 10.5. The molecule has 8 heteroatoms. The highest BCUT2D eigenvalue weighted by molar-refractivity contribution is 7.91. The number of pyridine rings is 1. The van der Waals surface area contributed by atoms with E-state index in [0.717, 1.165) is 17.3 Å². The third-order valence-corrected chi connectivity index (χ3v) is 7.07. The Hall–Kier alpha value is -3.52. The fourth-order valence-corrected chi connectivity index (χ4v) is 4.80. The summed E-state index contributed by atoms with van der Waals surface area (Å²) in [6.07, 6.45) is 5.95. The van der Waals surface area contributed by atoms with Crippen molar-refractivity contribution >= 4 is 21.3 Å². The number of fused-ring (bicyclic) bond motifs is 1. The number of ketones is 1. The van der Waals surface area contributed by atoms with Crippen LogP contribution in [0.25, 0.3) is 5.65 Å². The lowest BCUT2D eigenvalue weighted by Gasteiger charge is -2.11. The standard InChI is InChI=1S/C26H25FN2O4S/c1-18(2)17-33-22-13-21(27)14-24(15-22)34(31,32)23-7-3-19(4-8-23)5-9-25(30)20-6-10-26-28-11-12-29(26)16-20/h3-4,6-8,10-16,18H,5,9,17H2,1-2H3. The first-order valence-corrected chi connectivity index (χ1v) is 12.4. The number of carbonyl (C=O) groups is 1. The summed E-state index contributed by atoms with van der Waals surface area (Å²) in [5.74, 6) is -0.294. The van der Waals surface area contributed by atoms with Crippen LogP contribution >= 0.6 is 0 Å². The van der Waals surface area contributed by atoms with Crippen LogP contribution in [0.2, 0.25) is 0 Å². The smallest absolute Gasteiger partial charge is 0.206 e. The molecule has 4 aromatic rings. The molecule has 2 heterocycles. The SMILES string of the molecule is CC(C)COc1cc(F)cc(S(=O)(=O)c2ccc(CCC(=O)c3ccc4nccn4c3)cc2)c1. The Morgan fingerprint density at radius 3 is 2.56 bits per heavy atom. The average molecular weight is 481 g/mol. The number of sulfone groups is 1. The van der Waals surface area contributed by atoms with Gasteiger partial charge in [0, 0.05) is 36.6 Å². The molecule has 0 unspecified atom stereocenters. The Kier molecular flexibility index (Phi) is 6.79. The minimum atomic E-state index is -3.92. The number of carbonyl (C=O) groups excluding carboxylic acids is 1. The van der Waals surface area contributed by atoms with Gasteiger partial charge in [0.05, 0.1) is 16.4 Å². The van der Waals surface area contributed by atoms with E-state index in [4.69, 9.17) is 4.74 Å². The predicted molar refractivity (Wildman–Crippen MR) is 126 cm³/mol. The Balaban J connectivity index is 1.45. The minimum absolute atomic E-state index is 0.0130. The molecule has 0 saturated carbocycles. The fourth-order valence-electron chi connectivity index (χ4n) is 3.50. The van der Waals surface area contributed by atoms with E-state index in [9.17, 15) is 17.6 Å². The summed E-state index contributed by atoms with van der Waals surface area (Å²) in [4.78, 5) is 16.6. The van der Waals surface area contributed by atoms with Crippen molar-refractivity contribution in [3.63, 3.8) is 0 Å². The van der Waals surface area contributed by atoms with E-state index in [2.05, 4.69) is 4.98 Å². The molecule has 0 amide bonds. The molecule has 0 spiro atoms. The molecule has 34 heavy (non-hydrogen) atoms. The van der Waals surface area contributed by atoms with E-state index in [0.29, 0.717) is 18.6 Å².